The molecule has 3 heteroatoms. The Morgan fingerprint density at radius 3 is 1.72 bits per heavy atom. The summed E-state index contributed by atoms with van der Waals surface area (Å²) in [5, 5.41) is 8.64. The van der Waals surface area contributed by atoms with Gasteiger partial charge >= 0.3 is 5.97 Å². The number of hydrogen-bond acceptors (Lipinski definition) is 2. The van der Waals surface area contributed by atoms with Gasteiger partial charge in [-0.3, -0.25) is 4.79 Å². The van der Waals surface area contributed by atoms with Gasteiger partial charge in [0.05, 0.1) is 6.10 Å². The van der Waals surface area contributed by atoms with Gasteiger partial charge in [-0.1, -0.05) is 90.9 Å². The summed E-state index contributed by atoms with van der Waals surface area (Å²) in [6.45, 7) is 5.40. The van der Waals surface area contributed by atoms with Crippen molar-refractivity contribution in [3.63, 3.8) is 0 Å². The van der Waals surface area contributed by atoms with Crippen molar-refractivity contribution in [1.82, 2.24) is 0 Å². The number of hydrogen-bond donors (Lipinski definition) is 1. The number of carboxylic acids is 1. The van der Waals surface area contributed by atoms with Gasteiger partial charge in [0, 0.05) is 13.0 Å². The van der Waals surface area contributed by atoms with Gasteiger partial charge in [0.2, 0.25) is 0 Å². The molecule has 0 aliphatic carbocycles. The lowest BCUT2D eigenvalue weighted by Gasteiger charge is -2.18. The molecule has 0 heterocycles. The number of ether oxygens (including phenoxy) is 1. The summed E-state index contributed by atoms with van der Waals surface area (Å²) in [6, 6.07) is 0. The van der Waals surface area contributed by atoms with Crippen LogP contribution in [0, 0.1) is 0 Å². The number of rotatable bonds is 20. The van der Waals surface area contributed by atoms with E-state index in [1.165, 1.54) is 83.5 Å². The van der Waals surface area contributed by atoms with E-state index in [1.54, 1.807) is 0 Å². The molecule has 0 aromatic heterocycles. The monoisotopic (exact) mass is 356 g/mol. The standard InChI is InChI=1S/C22H44O3/c1-3-5-7-8-9-11-14-17-21(25-20-6-4-2)18-15-12-10-13-16-19-22(23)24/h21H,3-20H2,1-2H3,(H,23,24). The quantitative estimate of drug-likeness (QED) is 0.236. The summed E-state index contributed by atoms with van der Waals surface area (Å²) in [5.41, 5.74) is 0. The Morgan fingerprint density at radius 2 is 1.20 bits per heavy atom. The van der Waals surface area contributed by atoms with Gasteiger partial charge in [0.15, 0.2) is 0 Å². The second-order valence-corrected chi connectivity index (χ2v) is 7.46. The molecule has 0 rings (SSSR count). The summed E-state index contributed by atoms with van der Waals surface area (Å²) in [6.07, 6.45) is 20.5. The first-order valence-corrected chi connectivity index (χ1v) is 11.0. The van der Waals surface area contributed by atoms with Crippen LogP contribution in [0.3, 0.4) is 0 Å². The molecule has 0 spiro atoms. The van der Waals surface area contributed by atoms with Gasteiger partial charge in [-0.25, -0.2) is 0 Å². The van der Waals surface area contributed by atoms with Crippen LogP contribution in [0.1, 0.15) is 123 Å². The topological polar surface area (TPSA) is 46.5 Å². The third-order valence-electron chi connectivity index (χ3n) is 4.90. The molecular weight excluding hydrogens is 312 g/mol. The van der Waals surface area contributed by atoms with Crippen LogP contribution in [-0.4, -0.2) is 23.8 Å². The van der Waals surface area contributed by atoms with Crippen LogP contribution >= 0.6 is 0 Å². The van der Waals surface area contributed by atoms with E-state index in [-0.39, 0.29) is 0 Å². The number of carbonyl (C=O) groups is 1. The molecule has 25 heavy (non-hydrogen) atoms. The van der Waals surface area contributed by atoms with E-state index in [0.717, 1.165) is 25.9 Å². The zero-order chi connectivity index (χ0) is 18.6. The van der Waals surface area contributed by atoms with Crippen LogP contribution in [0.15, 0.2) is 0 Å². The van der Waals surface area contributed by atoms with E-state index in [1.807, 2.05) is 0 Å². The average Bonchev–Trinajstić information content (AvgIpc) is 2.59. The second-order valence-electron chi connectivity index (χ2n) is 7.46. The molecule has 1 atom stereocenters. The Hall–Kier alpha value is -0.570. The van der Waals surface area contributed by atoms with Crippen LogP contribution in [0.4, 0.5) is 0 Å². The van der Waals surface area contributed by atoms with Crippen LogP contribution in [0.2, 0.25) is 0 Å². The van der Waals surface area contributed by atoms with Crippen molar-refractivity contribution in [2.24, 2.45) is 0 Å². The first-order chi connectivity index (χ1) is 12.2. The molecule has 0 fully saturated rings. The fourth-order valence-corrected chi connectivity index (χ4v) is 3.21. The van der Waals surface area contributed by atoms with Gasteiger partial charge in [0.25, 0.3) is 0 Å². The SMILES string of the molecule is CCCCCCCCCC(CCCCCCCC(=O)O)OCCCC. The van der Waals surface area contributed by atoms with E-state index in [4.69, 9.17) is 9.84 Å². The summed E-state index contributed by atoms with van der Waals surface area (Å²) in [7, 11) is 0. The van der Waals surface area contributed by atoms with Gasteiger partial charge in [-0.05, 0) is 25.7 Å². The highest BCUT2D eigenvalue weighted by molar-refractivity contribution is 5.66. The molecule has 0 aromatic rings. The summed E-state index contributed by atoms with van der Waals surface area (Å²) >= 11 is 0. The maximum Gasteiger partial charge on any atom is 0.303 e. The number of aliphatic carboxylic acids is 1. The summed E-state index contributed by atoms with van der Waals surface area (Å²) in [5.74, 6) is -0.668. The van der Waals surface area contributed by atoms with Gasteiger partial charge < -0.3 is 9.84 Å². The molecule has 1 N–H and O–H groups in total. The van der Waals surface area contributed by atoms with Crippen LogP contribution in [0.25, 0.3) is 0 Å². The highest BCUT2D eigenvalue weighted by Crippen LogP contribution is 2.17. The van der Waals surface area contributed by atoms with E-state index < -0.39 is 5.97 Å². The van der Waals surface area contributed by atoms with Crippen LogP contribution < -0.4 is 0 Å². The normalized spacial score (nSPS) is 12.4. The zero-order valence-electron chi connectivity index (χ0n) is 17.1. The first-order valence-electron chi connectivity index (χ1n) is 11.0. The van der Waals surface area contributed by atoms with Gasteiger partial charge in [-0.2, -0.15) is 0 Å². The summed E-state index contributed by atoms with van der Waals surface area (Å²) in [4.78, 5) is 10.5. The lowest BCUT2D eigenvalue weighted by atomic mass is 10.0. The molecule has 0 aliphatic rings. The minimum absolute atomic E-state index is 0.320. The number of carboxylic acid groups (broad SMARTS) is 1. The van der Waals surface area contributed by atoms with Gasteiger partial charge in [-0.15, -0.1) is 0 Å². The molecule has 0 saturated carbocycles. The first kappa shape index (κ1) is 24.4. The van der Waals surface area contributed by atoms with E-state index in [2.05, 4.69) is 13.8 Å². The highest BCUT2D eigenvalue weighted by Gasteiger charge is 2.09. The molecule has 0 radical (unpaired) electrons. The average molecular weight is 357 g/mol. The fraction of sp³-hybridized carbons (Fsp3) is 0.955. The Morgan fingerprint density at radius 1 is 0.720 bits per heavy atom. The third-order valence-corrected chi connectivity index (χ3v) is 4.90. The molecule has 0 aliphatic heterocycles. The van der Waals surface area contributed by atoms with E-state index >= 15 is 0 Å². The minimum atomic E-state index is -0.668. The molecule has 1 unspecified atom stereocenters. The lowest BCUT2D eigenvalue weighted by Crippen LogP contribution is -2.14. The Bertz CT molecular complexity index is 278. The molecule has 150 valence electrons. The smallest absolute Gasteiger partial charge is 0.303 e. The molecule has 0 amide bonds. The lowest BCUT2D eigenvalue weighted by molar-refractivity contribution is -0.137. The van der Waals surface area contributed by atoms with Crippen molar-refractivity contribution in [1.29, 1.82) is 0 Å². The van der Waals surface area contributed by atoms with Crippen molar-refractivity contribution < 1.29 is 14.6 Å². The molecular formula is C22H44O3. The molecule has 0 aromatic carbocycles. The van der Waals surface area contributed by atoms with Crippen molar-refractivity contribution in [3.05, 3.63) is 0 Å². The van der Waals surface area contributed by atoms with Crippen LogP contribution in [-0.2, 0) is 9.53 Å². The zero-order valence-corrected chi connectivity index (χ0v) is 17.1. The predicted molar refractivity (Wildman–Crippen MR) is 107 cm³/mol. The Labute approximate surface area is 156 Å². The van der Waals surface area contributed by atoms with Gasteiger partial charge in [0.1, 0.15) is 0 Å². The Balaban J connectivity index is 3.68. The third kappa shape index (κ3) is 19.6. The Kier molecular flexibility index (Phi) is 19.3. The summed E-state index contributed by atoms with van der Waals surface area (Å²) < 4.78 is 6.11. The number of unbranched alkanes of at least 4 members (excludes halogenated alkanes) is 11. The van der Waals surface area contributed by atoms with Crippen molar-refractivity contribution in [2.75, 3.05) is 6.61 Å². The second kappa shape index (κ2) is 19.8. The van der Waals surface area contributed by atoms with E-state index in [0.29, 0.717) is 12.5 Å². The minimum Gasteiger partial charge on any atom is -0.481 e. The largest absolute Gasteiger partial charge is 0.481 e. The maximum atomic E-state index is 10.5. The molecule has 3 nitrogen and oxygen atoms in total. The maximum absolute atomic E-state index is 10.5. The van der Waals surface area contributed by atoms with E-state index in [9.17, 15) is 4.79 Å². The van der Waals surface area contributed by atoms with Crippen molar-refractivity contribution in [2.45, 2.75) is 129 Å². The van der Waals surface area contributed by atoms with Crippen molar-refractivity contribution >= 4 is 5.97 Å². The van der Waals surface area contributed by atoms with Crippen LogP contribution in [0.5, 0.6) is 0 Å². The molecule has 0 saturated heterocycles. The fourth-order valence-electron chi connectivity index (χ4n) is 3.21. The van der Waals surface area contributed by atoms with Crippen molar-refractivity contribution in [3.8, 4) is 0 Å². The highest BCUT2D eigenvalue weighted by atomic mass is 16.5. The predicted octanol–water partition coefficient (Wildman–Crippen LogP) is 7.13. The molecule has 0 bridgehead atoms.